The Morgan fingerprint density at radius 1 is 1.29 bits per heavy atom. The Morgan fingerprint density at radius 2 is 1.82 bits per heavy atom. The number of carbonyl (C=O) groups excluding carboxylic acids is 1. The molecular weight excluding hydrogens is 218 g/mol. The molecule has 0 saturated carbocycles. The van der Waals surface area contributed by atoms with Crippen molar-refractivity contribution in [2.75, 3.05) is 7.05 Å². The number of carboxylic acids is 1. The highest BCUT2D eigenvalue weighted by molar-refractivity contribution is 5.83. The number of nitrogens with zero attached hydrogens (tertiary/aromatic N) is 1. The molecule has 0 heterocycles. The van der Waals surface area contributed by atoms with Gasteiger partial charge < -0.3 is 10.0 Å². The molecule has 1 rings (SSSR count). The van der Waals surface area contributed by atoms with Crippen molar-refractivity contribution >= 4 is 11.9 Å². The van der Waals surface area contributed by atoms with E-state index in [2.05, 4.69) is 0 Å². The van der Waals surface area contributed by atoms with Gasteiger partial charge in [-0.05, 0) is 17.5 Å². The second-order valence-corrected chi connectivity index (χ2v) is 3.97. The summed E-state index contributed by atoms with van der Waals surface area (Å²) < 4.78 is 0. The molecule has 17 heavy (non-hydrogen) atoms. The lowest BCUT2D eigenvalue weighted by Gasteiger charge is -2.23. The van der Waals surface area contributed by atoms with Crippen molar-refractivity contribution in [1.29, 1.82) is 0 Å². The summed E-state index contributed by atoms with van der Waals surface area (Å²) in [6.45, 7) is 3.39. The molecule has 1 unspecified atom stereocenters. The van der Waals surface area contributed by atoms with E-state index in [-0.39, 0.29) is 5.91 Å². The molecule has 0 aromatic heterocycles. The molecule has 0 aliphatic carbocycles. The van der Waals surface area contributed by atoms with Crippen molar-refractivity contribution in [2.45, 2.75) is 26.3 Å². The van der Waals surface area contributed by atoms with Crippen LogP contribution in [-0.2, 0) is 16.0 Å². The van der Waals surface area contributed by atoms with Gasteiger partial charge in [0.25, 0.3) is 0 Å². The van der Waals surface area contributed by atoms with E-state index in [1.807, 2.05) is 19.1 Å². The highest BCUT2D eigenvalue weighted by Gasteiger charge is 2.26. The molecular formula is C13H17NO3. The summed E-state index contributed by atoms with van der Waals surface area (Å²) in [4.78, 5) is 23.7. The summed E-state index contributed by atoms with van der Waals surface area (Å²) in [5.74, 6) is -1.29. The van der Waals surface area contributed by atoms with Crippen molar-refractivity contribution in [3.05, 3.63) is 35.4 Å². The largest absolute Gasteiger partial charge is 0.479 e. The van der Waals surface area contributed by atoms with Crippen LogP contribution in [0.4, 0.5) is 0 Å². The standard InChI is InChI=1S/C13H17NO3/c1-4-10-5-7-11(8-6-10)12(13(16)17)14(3)9(2)15/h5-8,12H,4H2,1-3H3,(H,16,17). The van der Waals surface area contributed by atoms with E-state index < -0.39 is 12.0 Å². The van der Waals surface area contributed by atoms with Gasteiger partial charge in [0.15, 0.2) is 6.04 Å². The van der Waals surface area contributed by atoms with Gasteiger partial charge in [-0.3, -0.25) is 4.79 Å². The lowest BCUT2D eigenvalue weighted by molar-refractivity contribution is -0.148. The zero-order chi connectivity index (χ0) is 13.0. The molecule has 1 N–H and O–H groups in total. The van der Waals surface area contributed by atoms with E-state index in [0.29, 0.717) is 5.56 Å². The molecule has 0 aliphatic heterocycles. The first-order chi connectivity index (χ1) is 7.97. The molecule has 1 atom stereocenters. The van der Waals surface area contributed by atoms with Gasteiger partial charge in [-0.15, -0.1) is 0 Å². The van der Waals surface area contributed by atoms with Crippen LogP contribution in [0.25, 0.3) is 0 Å². The Kier molecular flexibility index (Phi) is 4.26. The molecule has 1 aromatic rings. The number of amides is 1. The number of aryl methyl sites for hydroxylation is 1. The third-order valence-corrected chi connectivity index (χ3v) is 2.82. The lowest BCUT2D eigenvalue weighted by Crippen LogP contribution is -2.34. The molecule has 1 aromatic carbocycles. The Hall–Kier alpha value is -1.84. The minimum atomic E-state index is -1.02. The number of rotatable bonds is 4. The number of benzene rings is 1. The SMILES string of the molecule is CCc1ccc(C(C(=O)O)N(C)C(C)=O)cc1. The van der Waals surface area contributed by atoms with Gasteiger partial charge in [0, 0.05) is 14.0 Å². The summed E-state index contributed by atoms with van der Waals surface area (Å²) in [6, 6.07) is 6.38. The van der Waals surface area contributed by atoms with Crippen molar-refractivity contribution in [1.82, 2.24) is 4.90 Å². The fourth-order valence-electron chi connectivity index (χ4n) is 1.65. The molecule has 0 fully saturated rings. The van der Waals surface area contributed by atoms with Gasteiger partial charge in [0.05, 0.1) is 0 Å². The van der Waals surface area contributed by atoms with E-state index in [4.69, 9.17) is 0 Å². The van der Waals surface area contributed by atoms with E-state index in [9.17, 15) is 14.7 Å². The van der Waals surface area contributed by atoms with Crippen LogP contribution in [-0.4, -0.2) is 28.9 Å². The minimum absolute atomic E-state index is 0.267. The van der Waals surface area contributed by atoms with Crippen LogP contribution in [0.15, 0.2) is 24.3 Å². The fourth-order valence-corrected chi connectivity index (χ4v) is 1.65. The van der Waals surface area contributed by atoms with Gasteiger partial charge in [-0.1, -0.05) is 31.2 Å². The molecule has 0 spiro atoms. The maximum absolute atomic E-state index is 11.2. The van der Waals surface area contributed by atoms with Crippen LogP contribution < -0.4 is 0 Å². The average Bonchev–Trinajstić information content (AvgIpc) is 2.29. The molecule has 0 aliphatic rings. The molecule has 4 nitrogen and oxygen atoms in total. The maximum Gasteiger partial charge on any atom is 0.331 e. The van der Waals surface area contributed by atoms with E-state index >= 15 is 0 Å². The summed E-state index contributed by atoms with van der Waals surface area (Å²) in [7, 11) is 1.49. The summed E-state index contributed by atoms with van der Waals surface area (Å²) >= 11 is 0. The molecule has 4 heteroatoms. The van der Waals surface area contributed by atoms with Crippen LogP contribution in [0.5, 0.6) is 0 Å². The van der Waals surface area contributed by atoms with Crippen LogP contribution in [0.3, 0.4) is 0 Å². The molecule has 0 saturated heterocycles. The lowest BCUT2D eigenvalue weighted by atomic mass is 10.0. The number of hydrogen-bond acceptors (Lipinski definition) is 2. The normalized spacial score (nSPS) is 11.9. The molecule has 0 radical (unpaired) electrons. The smallest absolute Gasteiger partial charge is 0.331 e. The highest BCUT2D eigenvalue weighted by atomic mass is 16.4. The van der Waals surface area contributed by atoms with Crippen molar-refractivity contribution in [3.63, 3.8) is 0 Å². The zero-order valence-corrected chi connectivity index (χ0v) is 10.3. The number of likely N-dealkylation sites (N-methyl/N-ethyl adjacent to an activating group) is 1. The van der Waals surface area contributed by atoms with Gasteiger partial charge >= 0.3 is 5.97 Å². The van der Waals surface area contributed by atoms with Crippen LogP contribution in [0.2, 0.25) is 0 Å². The van der Waals surface area contributed by atoms with Crippen molar-refractivity contribution in [3.8, 4) is 0 Å². The van der Waals surface area contributed by atoms with Crippen molar-refractivity contribution in [2.24, 2.45) is 0 Å². The Labute approximate surface area is 101 Å². The van der Waals surface area contributed by atoms with E-state index in [1.165, 1.54) is 18.9 Å². The summed E-state index contributed by atoms with van der Waals surface area (Å²) in [6.07, 6.45) is 0.903. The van der Waals surface area contributed by atoms with Crippen LogP contribution in [0, 0.1) is 0 Å². The Morgan fingerprint density at radius 3 is 2.18 bits per heavy atom. The first kappa shape index (κ1) is 13.2. The third kappa shape index (κ3) is 3.06. The number of carboxylic acid groups (broad SMARTS) is 1. The van der Waals surface area contributed by atoms with Crippen LogP contribution in [0.1, 0.15) is 31.0 Å². The predicted octanol–water partition coefficient (Wildman–Crippen LogP) is 1.85. The molecule has 92 valence electrons. The number of carbonyl (C=O) groups is 2. The quantitative estimate of drug-likeness (QED) is 0.866. The van der Waals surface area contributed by atoms with Crippen molar-refractivity contribution < 1.29 is 14.7 Å². The first-order valence-corrected chi connectivity index (χ1v) is 5.52. The van der Waals surface area contributed by atoms with Crippen LogP contribution >= 0.6 is 0 Å². The minimum Gasteiger partial charge on any atom is -0.479 e. The predicted molar refractivity (Wildman–Crippen MR) is 64.6 cm³/mol. The Balaban J connectivity index is 3.05. The summed E-state index contributed by atoms with van der Waals surface area (Å²) in [5.41, 5.74) is 1.76. The second-order valence-electron chi connectivity index (χ2n) is 3.97. The number of hydrogen-bond donors (Lipinski definition) is 1. The van der Waals surface area contributed by atoms with Gasteiger partial charge in [0.1, 0.15) is 0 Å². The average molecular weight is 235 g/mol. The van der Waals surface area contributed by atoms with E-state index in [1.54, 1.807) is 12.1 Å². The molecule has 1 amide bonds. The zero-order valence-electron chi connectivity index (χ0n) is 10.3. The second kappa shape index (κ2) is 5.48. The van der Waals surface area contributed by atoms with Gasteiger partial charge in [-0.2, -0.15) is 0 Å². The maximum atomic E-state index is 11.2. The third-order valence-electron chi connectivity index (χ3n) is 2.82. The Bertz CT molecular complexity index is 411. The topological polar surface area (TPSA) is 57.6 Å². The highest BCUT2D eigenvalue weighted by Crippen LogP contribution is 2.20. The fraction of sp³-hybridized carbons (Fsp3) is 0.385. The number of aliphatic carboxylic acids is 1. The van der Waals surface area contributed by atoms with Gasteiger partial charge in [-0.25, -0.2) is 4.79 Å². The van der Waals surface area contributed by atoms with Gasteiger partial charge in [0.2, 0.25) is 5.91 Å². The van der Waals surface area contributed by atoms with E-state index in [0.717, 1.165) is 12.0 Å². The first-order valence-electron chi connectivity index (χ1n) is 5.52. The monoisotopic (exact) mass is 235 g/mol. The summed E-state index contributed by atoms with van der Waals surface area (Å²) in [5, 5.41) is 9.18. The molecule has 0 bridgehead atoms.